The van der Waals surface area contributed by atoms with E-state index in [-0.39, 0.29) is 18.1 Å². The van der Waals surface area contributed by atoms with Crippen LogP contribution in [-0.4, -0.2) is 33.0 Å². The third-order valence-corrected chi connectivity index (χ3v) is 4.46. The van der Waals surface area contributed by atoms with Crippen LogP contribution < -0.4 is 10.1 Å². The quantitative estimate of drug-likeness (QED) is 0.872. The van der Waals surface area contributed by atoms with Crippen molar-refractivity contribution in [2.45, 2.75) is 57.8 Å². The molecule has 134 valence electrons. The summed E-state index contributed by atoms with van der Waals surface area (Å²) in [5.74, 6) is 0.513. The van der Waals surface area contributed by atoms with Crippen molar-refractivity contribution >= 4 is 11.6 Å². The number of carbonyl (C=O) groups is 1. The fraction of sp³-hybridized carbons (Fsp3) is 0.474. The molecule has 2 atom stereocenters. The van der Waals surface area contributed by atoms with Gasteiger partial charge in [0.1, 0.15) is 17.5 Å². The molecule has 2 N–H and O–H groups in total. The van der Waals surface area contributed by atoms with Crippen LogP contribution in [0.5, 0.6) is 5.75 Å². The predicted molar refractivity (Wildman–Crippen MR) is 95.9 cm³/mol. The summed E-state index contributed by atoms with van der Waals surface area (Å²) in [7, 11) is 0. The minimum atomic E-state index is -0.399. The molecule has 1 saturated carbocycles. The van der Waals surface area contributed by atoms with Crippen LogP contribution in [-0.2, 0) is 0 Å². The number of amides is 1. The SMILES string of the molecule is CC(C)n1nccc1C(=O)Nc1ccc(OC2CCCCC2O)cc1. The van der Waals surface area contributed by atoms with Crippen molar-refractivity contribution in [3.8, 4) is 5.75 Å². The van der Waals surface area contributed by atoms with Crippen molar-refractivity contribution < 1.29 is 14.6 Å². The van der Waals surface area contributed by atoms with Gasteiger partial charge in [-0.05, 0) is 63.4 Å². The molecule has 1 fully saturated rings. The van der Waals surface area contributed by atoms with Crippen LogP contribution in [0.4, 0.5) is 5.69 Å². The van der Waals surface area contributed by atoms with Gasteiger partial charge in [-0.2, -0.15) is 5.10 Å². The minimum absolute atomic E-state index is 0.119. The zero-order chi connectivity index (χ0) is 17.8. The van der Waals surface area contributed by atoms with Gasteiger partial charge in [0.25, 0.3) is 5.91 Å². The van der Waals surface area contributed by atoms with Gasteiger partial charge < -0.3 is 15.2 Å². The lowest BCUT2D eigenvalue weighted by Crippen LogP contribution is -2.34. The maximum atomic E-state index is 12.4. The first-order valence-corrected chi connectivity index (χ1v) is 8.84. The highest BCUT2D eigenvalue weighted by Gasteiger charge is 2.24. The van der Waals surface area contributed by atoms with E-state index in [4.69, 9.17) is 4.74 Å². The summed E-state index contributed by atoms with van der Waals surface area (Å²) in [4.78, 5) is 12.4. The zero-order valence-electron chi connectivity index (χ0n) is 14.7. The third-order valence-electron chi connectivity index (χ3n) is 4.46. The average molecular weight is 343 g/mol. The number of nitrogens with one attached hydrogen (secondary N) is 1. The third kappa shape index (κ3) is 4.20. The van der Waals surface area contributed by atoms with Gasteiger partial charge in [0.2, 0.25) is 0 Å². The van der Waals surface area contributed by atoms with Crippen molar-refractivity contribution in [2.24, 2.45) is 0 Å². The number of carbonyl (C=O) groups excluding carboxylic acids is 1. The number of rotatable bonds is 5. The van der Waals surface area contributed by atoms with Gasteiger partial charge in [-0.3, -0.25) is 9.48 Å². The molecule has 1 aromatic heterocycles. The van der Waals surface area contributed by atoms with Crippen LogP contribution in [0, 0.1) is 0 Å². The molecule has 0 bridgehead atoms. The number of aromatic nitrogens is 2. The van der Waals surface area contributed by atoms with Crippen molar-refractivity contribution in [3.63, 3.8) is 0 Å². The van der Waals surface area contributed by atoms with E-state index in [0.29, 0.717) is 17.1 Å². The second-order valence-corrected chi connectivity index (χ2v) is 6.74. The van der Waals surface area contributed by atoms with Crippen LogP contribution in [0.15, 0.2) is 36.5 Å². The van der Waals surface area contributed by atoms with E-state index in [2.05, 4.69) is 10.4 Å². The highest BCUT2D eigenvalue weighted by atomic mass is 16.5. The van der Waals surface area contributed by atoms with Gasteiger partial charge in [-0.1, -0.05) is 6.42 Å². The summed E-state index contributed by atoms with van der Waals surface area (Å²) in [6, 6.07) is 9.07. The van der Waals surface area contributed by atoms with E-state index in [1.807, 2.05) is 26.0 Å². The Morgan fingerprint density at radius 1 is 1.24 bits per heavy atom. The molecule has 25 heavy (non-hydrogen) atoms. The lowest BCUT2D eigenvalue weighted by Gasteiger charge is -2.28. The van der Waals surface area contributed by atoms with E-state index < -0.39 is 6.10 Å². The van der Waals surface area contributed by atoms with Crippen molar-refractivity contribution in [1.82, 2.24) is 9.78 Å². The summed E-state index contributed by atoms with van der Waals surface area (Å²) in [6.07, 6.45) is 4.89. The summed E-state index contributed by atoms with van der Waals surface area (Å²) < 4.78 is 7.57. The number of ether oxygens (including phenoxy) is 1. The first-order chi connectivity index (χ1) is 12.0. The van der Waals surface area contributed by atoms with E-state index >= 15 is 0 Å². The first kappa shape index (κ1) is 17.5. The van der Waals surface area contributed by atoms with Gasteiger partial charge in [-0.15, -0.1) is 0 Å². The second kappa shape index (κ2) is 7.70. The van der Waals surface area contributed by atoms with E-state index in [9.17, 15) is 9.90 Å². The number of nitrogens with zero attached hydrogens (tertiary/aromatic N) is 2. The minimum Gasteiger partial charge on any atom is -0.488 e. The summed E-state index contributed by atoms with van der Waals surface area (Å²) in [6.45, 7) is 3.96. The van der Waals surface area contributed by atoms with Gasteiger partial charge in [0.05, 0.1) is 6.10 Å². The lowest BCUT2D eigenvalue weighted by atomic mass is 9.95. The average Bonchev–Trinajstić information content (AvgIpc) is 3.09. The van der Waals surface area contributed by atoms with Gasteiger partial charge in [0.15, 0.2) is 0 Å². The second-order valence-electron chi connectivity index (χ2n) is 6.74. The monoisotopic (exact) mass is 343 g/mol. The molecule has 1 aromatic carbocycles. The molecular weight excluding hydrogens is 318 g/mol. The Morgan fingerprint density at radius 2 is 1.96 bits per heavy atom. The molecule has 6 nitrogen and oxygen atoms in total. The van der Waals surface area contributed by atoms with Gasteiger partial charge in [-0.25, -0.2) is 0 Å². The number of hydrogen-bond acceptors (Lipinski definition) is 4. The van der Waals surface area contributed by atoms with Crippen molar-refractivity contribution in [1.29, 1.82) is 0 Å². The molecule has 1 aliphatic rings. The lowest BCUT2D eigenvalue weighted by molar-refractivity contribution is 0.00688. The predicted octanol–water partition coefficient (Wildman–Crippen LogP) is 3.40. The Morgan fingerprint density at radius 3 is 2.64 bits per heavy atom. The summed E-state index contributed by atoms with van der Waals surface area (Å²) in [5.41, 5.74) is 1.22. The largest absolute Gasteiger partial charge is 0.488 e. The molecule has 6 heteroatoms. The Labute approximate surface area is 147 Å². The molecule has 2 unspecified atom stereocenters. The fourth-order valence-corrected chi connectivity index (χ4v) is 3.11. The Kier molecular flexibility index (Phi) is 5.38. The van der Waals surface area contributed by atoms with Crippen LogP contribution in [0.1, 0.15) is 56.1 Å². The molecule has 0 radical (unpaired) electrons. The fourth-order valence-electron chi connectivity index (χ4n) is 3.11. The molecule has 3 rings (SSSR count). The number of benzene rings is 1. The Hall–Kier alpha value is -2.34. The molecule has 1 heterocycles. The Balaban J connectivity index is 1.62. The topological polar surface area (TPSA) is 76.4 Å². The van der Waals surface area contributed by atoms with Crippen molar-refractivity contribution in [3.05, 3.63) is 42.2 Å². The van der Waals surface area contributed by atoms with Crippen LogP contribution in [0.3, 0.4) is 0 Å². The maximum absolute atomic E-state index is 12.4. The standard InChI is InChI=1S/C19H25N3O3/c1-13(2)22-16(11-12-20-22)19(24)21-14-7-9-15(10-8-14)25-18-6-4-3-5-17(18)23/h7-13,17-18,23H,3-6H2,1-2H3,(H,21,24). The van der Waals surface area contributed by atoms with Gasteiger partial charge >= 0.3 is 0 Å². The van der Waals surface area contributed by atoms with Crippen LogP contribution >= 0.6 is 0 Å². The zero-order valence-corrected chi connectivity index (χ0v) is 14.7. The maximum Gasteiger partial charge on any atom is 0.273 e. The number of aliphatic hydroxyl groups is 1. The summed E-state index contributed by atoms with van der Waals surface area (Å²) >= 11 is 0. The molecule has 2 aromatic rings. The van der Waals surface area contributed by atoms with E-state index in [0.717, 1.165) is 25.7 Å². The number of anilines is 1. The Bertz CT molecular complexity index is 709. The molecule has 1 aliphatic carbocycles. The van der Waals surface area contributed by atoms with Crippen LogP contribution in [0.2, 0.25) is 0 Å². The highest BCUT2D eigenvalue weighted by molar-refractivity contribution is 6.03. The molecule has 0 spiro atoms. The molecular formula is C19H25N3O3. The van der Waals surface area contributed by atoms with E-state index in [1.54, 1.807) is 29.1 Å². The normalized spacial score (nSPS) is 20.5. The van der Waals surface area contributed by atoms with E-state index in [1.165, 1.54) is 0 Å². The van der Waals surface area contributed by atoms with Crippen molar-refractivity contribution in [2.75, 3.05) is 5.32 Å². The molecule has 0 saturated heterocycles. The highest BCUT2D eigenvalue weighted by Crippen LogP contribution is 2.25. The van der Waals surface area contributed by atoms with Crippen LogP contribution in [0.25, 0.3) is 0 Å². The van der Waals surface area contributed by atoms with Gasteiger partial charge in [0, 0.05) is 17.9 Å². The molecule has 0 aliphatic heterocycles. The number of hydrogen-bond donors (Lipinski definition) is 2. The summed E-state index contributed by atoms with van der Waals surface area (Å²) in [5, 5.41) is 17.0. The number of aliphatic hydroxyl groups excluding tert-OH is 1. The molecule has 1 amide bonds. The first-order valence-electron chi connectivity index (χ1n) is 8.84. The smallest absolute Gasteiger partial charge is 0.273 e.